The number of nitrogens with zero attached hydrogens (tertiary/aromatic N) is 1. The van der Waals surface area contributed by atoms with Gasteiger partial charge in [-0.2, -0.15) is 0 Å². The van der Waals surface area contributed by atoms with Crippen molar-refractivity contribution in [2.75, 3.05) is 6.61 Å². The number of amides is 1. The van der Waals surface area contributed by atoms with Crippen LogP contribution in [0, 0.1) is 6.92 Å². The maximum atomic E-state index is 12.4. The zero-order valence-corrected chi connectivity index (χ0v) is 15.6. The van der Waals surface area contributed by atoms with E-state index in [9.17, 15) is 14.7 Å². The molecule has 0 spiro atoms. The van der Waals surface area contributed by atoms with E-state index in [1.54, 1.807) is 62.4 Å². The molecular formula is C20H17NO5S. The Balaban J connectivity index is 2.00. The molecule has 138 valence electrons. The molecule has 1 N–H and O–H groups in total. The molecule has 1 aliphatic heterocycles. The largest absolute Gasteiger partial charge is 0.506 e. The Morgan fingerprint density at radius 2 is 1.96 bits per heavy atom. The van der Waals surface area contributed by atoms with Crippen LogP contribution in [0.4, 0.5) is 0 Å². The number of aliphatic hydroxyl groups is 1. The quantitative estimate of drug-likeness (QED) is 0.792. The molecule has 2 heterocycles. The highest BCUT2D eigenvalue weighted by Gasteiger charge is 2.34. The van der Waals surface area contributed by atoms with Gasteiger partial charge < -0.3 is 14.3 Å². The van der Waals surface area contributed by atoms with Crippen LogP contribution in [0.15, 0.2) is 68.1 Å². The number of aliphatic hydroxyl groups excluding tert-OH is 1. The van der Waals surface area contributed by atoms with E-state index in [1.165, 1.54) is 0 Å². The van der Waals surface area contributed by atoms with Gasteiger partial charge in [0.05, 0.1) is 11.5 Å². The van der Waals surface area contributed by atoms with Crippen LogP contribution >= 0.6 is 11.8 Å². The number of esters is 1. The molecule has 1 aromatic carbocycles. The first-order chi connectivity index (χ1) is 13.0. The van der Waals surface area contributed by atoms with Gasteiger partial charge in [-0.3, -0.25) is 4.79 Å². The number of benzene rings is 1. The molecule has 27 heavy (non-hydrogen) atoms. The van der Waals surface area contributed by atoms with Crippen LogP contribution in [0.2, 0.25) is 0 Å². The topological polar surface area (TPSA) is 89.1 Å². The normalized spacial score (nSPS) is 17.0. The number of aryl methyl sites for hydroxylation is 1. The molecule has 2 aromatic rings. The van der Waals surface area contributed by atoms with Gasteiger partial charge in [0.15, 0.2) is 0 Å². The monoisotopic (exact) mass is 383 g/mol. The third-order valence-electron chi connectivity index (χ3n) is 3.63. The summed E-state index contributed by atoms with van der Waals surface area (Å²) in [7, 11) is 0. The molecule has 0 saturated heterocycles. The minimum atomic E-state index is -0.735. The summed E-state index contributed by atoms with van der Waals surface area (Å²) in [4.78, 5) is 29.1. The molecule has 0 bridgehead atoms. The third-order valence-corrected chi connectivity index (χ3v) is 4.65. The van der Waals surface area contributed by atoms with Gasteiger partial charge in [-0.1, -0.05) is 30.0 Å². The van der Waals surface area contributed by atoms with Gasteiger partial charge in [0.2, 0.25) is 0 Å². The van der Waals surface area contributed by atoms with Crippen molar-refractivity contribution in [2.45, 2.75) is 13.8 Å². The molecule has 0 fully saturated rings. The average Bonchev–Trinajstić information content (AvgIpc) is 3.19. The molecule has 1 aromatic heterocycles. The maximum Gasteiger partial charge on any atom is 0.344 e. The molecule has 0 saturated carbocycles. The first kappa shape index (κ1) is 18.7. The zero-order chi connectivity index (χ0) is 19.4. The van der Waals surface area contributed by atoms with Gasteiger partial charge in [-0.25, -0.2) is 9.79 Å². The lowest BCUT2D eigenvalue weighted by Gasteiger charge is -2.03. The van der Waals surface area contributed by atoms with E-state index < -0.39 is 11.9 Å². The van der Waals surface area contributed by atoms with Crippen molar-refractivity contribution in [1.29, 1.82) is 0 Å². The fourth-order valence-corrected chi connectivity index (χ4v) is 3.38. The van der Waals surface area contributed by atoms with Gasteiger partial charge in [0.1, 0.15) is 27.9 Å². The SMILES string of the molecule is CCOC(=O)C1=C(O)C(=Cc2ccc(C)o2)SC1=NC(=O)c1ccccc1. The van der Waals surface area contributed by atoms with Gasteiger partial charge in [-0.05, 0) is 44.2 Å². The Kier molecular flexibility index (Phi) is 5.61. The third kappa shape index (κ3) is 4.20. The summed E-state index contributed by atoms with van der Waals surface area (Å²) in [5.41, 5.74) is 0.257. The fourth-order valence-electron chi connectivity index (χ4n) is 2.39. The molecule has 0 aliphatic carbocycles. The predicted molar refractivity (Wildman–Crippen MR) is 104 cm³/mol. The molecule has 1 amide bonds. The predicted octanol–water partition coefficient (Wildman–Crippen LogP) is 4.29. The van der Waals surface area contributed by atoms with Crippen LogP contribution < -0.4 is 0 Å². The lowest BCUT2D eigenvalue weighted by Crippen LogP contribution is -2.14. The van der Waals surface area contributed by atoms with Crippen molar-refractivity contribution >= 4 is 34.8 Å². The van der Waals surface area contributed by atoms with Crippen molar-refractivity contribution in [2.24, 2.45) is 4.99 Å². The van der Waals surface area contributed by atoms with Gasteiger partial charge in [0, 0.05) is 5.56 Å². The van der Waals surface area contributed by atoms with E-state index in [0.29, 0.717) is 22.0 Å². The number of rotatable bonds is 4. The summed E-state index contributed by atoms with van der Waals surface area (Å²) in [6.07, 6.45) is 1.59. The molecule has 3 rings (SSSR count). The first-order valence-corrected chi connectivity index (χ1v) is 9.06. The molecule has 7 heteroatoms. The molecule has 0 atom stereocenters. The Labute approximate surface area is 160 Å². The molecule has 1 aliphatic rings. The van der Waals surface area contributed by atoms with E-state index in [-0.39, 0.29) is 23.0 Å². The number of aliphatic imine (C=N–C) groups is 1. The number of hydrogen-bond donors (Lipinski definition) is 1. The van der Waals surface area contributed by atoms with E-state index in [4.69, 9.17) is 9.15 Å². The zero-order valence-electron chi connectivity index (χ0n) is 14.8. The van der Waals surface area contributed by atoms with Crippen LogP contribution in [0.3, 0.4) is 0 Å². The Morgan fingerprint density at radius 1 is 1.22 bits per heavy atom. The molecule has 0 radical (unpaired) electrons. The number of hydrogen-bond acceptors (Lipinski definition) is 6. The van der Waals surface area contributed by atoms with Crippen molar-refractivity contribution in [3.63, 3.8) is 0 Å². The smallest absolute Gasteiger partial charge is 0.344 e. The standard InChI is InChI=1S/C20H17NO5S/c1-3-25-20(24)16-17(22)15(11-14-10-9-12(2)26-14)27-19(16)21-18(23)13-7-5-4-6-8-13/h4-11,22H,3H2,1-2H3. The minimum absolute atomic E-state index is 0.0920. The average molecular weight is 383 g/mol. The Hall–Kier alpha value is -3.06. The number of furan rings is 1. The van der Waals surface area contributed by atoms with Crippen molar-refractivity contribution < 1.29 is 23.8 Å². The van der Waals surface area contributed by atoms with Crippen LogP contribution in [0.25, 0.3) is 6.08 Å². The Bertz CT molecular complexity index is 969. The summed E-state index contributed by atoms with van der Waals surface area (Å²) in [6, 6.07) is 12.0. The number of thioether (sulfide) groups is 1. The highest BCUT2D eigenvalue weighted by atomic mass is 32.2. The number of carbonyl (C=O) groups excluding carboxylic acids is 2. The van der Waals surface area contributed by atoms with Crippen LogP contribution in [-0.2, 0) is 9.53 Å². The minimum Gasteiger partial charge on any atom is -0.506 e. The van der Waals surface area contributed by atoms with Crippen LogP contribution in [0.1, 0.15) is 28.8 Å². The Morgan fingerprint density at radius 3 is 2.59 bits per heavy atom. The van der Waals surface area contributed by atoms with Crippen LogP contribution in [-0.4, -0.2) is 28.6 Å². The number of ether oxygens (including phenoxy) is 1. The fraction of sp³-hybridized carbons (Fsp3) is 0.150. The lowest BCUT2D eigenvalue weighted by atomic mass is 10.2. The highest BCUT2D eigenvalue weighted by molar-refractivity contribution is 8.18. The molecule has 0 unspecified atom stereocenters. The summed E-state index contributed by atoms with van der Waals surface area (Å²) >= 11 is 1.01. The van der Waals surface area contributed by atoms with E-state index in [2.05, 4.69) is 4.99 Å². The van der Waals surface area contributed by atoms with Gasteiger partial charge in [-0.15, -0.1) is 0 Å². The summed E-state index contributed by atoms with van der Waals surface area (Å²) in [6.45, 7) is 3.59. The summed E-state index contributed by atoms with van der Waals surface area (Å²) < 4.78 is 10.5. The summed E-state index contributed by atoms with van der Waals surface area (Å²) in [5.74, 6) is -0.302. The van der Waals surface area contributed by atoms with Gasteiger partial charge in [0.25, 0.3) is 5.91 Å². The van der Waals surface area contributed by atoms with Gasteiger partial charge >= 0.3 is 5.97 Å². The lowest BCUT2D eigenvalue weighted by molar-refractivity contribution is -0.138. The van der Waals surface area contributed by atoms with E-state index in [1.807, 2.05) is 0 Å². The second-order valence-corrected chi connectivity index (χ2v) is 6.62. The second kappa shape index (κ2) is 8.09. The molecular weight excluding hydrogens is 366 g/mol. The summed E-state index contributed by atoms with van der Waals surface area (Å²) in [5, 5.41) is 10.6. The maximum absolute atomic E-state index is 12.4. The van der Waals surface area contributed by atoms with Crippen LogP contribution in [0.5, 0.6) is 0 Å². The first-order valence-electron chi connectivity index (χ1n) is 8.24. The molecule has 6 nitrogen and oxygen atoms in total. The number of carbonyl (C=O) groups is 2. The van der Waals surface area contributed by atoms with E-state index >= 15 is 0 Å². The highest BCUT2D eigenvalue weighted by Crippen LogP contribution is 2.39. The van der Waals surface area contributed by atoms with Crippen molar-refractivity contribution in [1.82, 2.24) is 0 Å². The second-order valence-electron chi connectivity index (χ2n) is 5.59. The van der Waals surface area contributed by atoms with Crippen molar-refractivity contribution in [3.8, 4) is 0 Å². The van der Waals surface area contributed by atoms with Crippen molar-refractivity contribution in [3.05, 3.63) is 75.8 Å². The van der Waals surface area contributed by atoms with E-state index in [0.717, 1.165) is 11.8 Å².